The number of ketones is 1. The van der Waals surface area contributed by atoms with Crippen molar-refractivity contribution in [2.24, 2.45) is 0 Å². The second-order valence-electron chi connectivity index (χ2n) is 7.03. The van der Waals surface area contributed by atoms with Crippen molar-refractivity contribution in [3.63, 3.8) is 0 Å². The quantitative estimate of drug-likeness (QED) is 0.881. The number of Topliss-reactive ketones (excluding diaryl/α,β-unsaturated/α-hetero) is 1. The molecule has 2 atom stereocenters. The molecule has 1 aliphatic heterocycles. The van der Waals surface area contributed by atoms with Crippen LogP contribution in [0.4, 0.5) is 8.78 Å². The molecule has 2 N–H and O–H groups in total. The molecule has 1 heterocycles. The van der Waals surface area contributed by atoms with Gasteiger partial charge in [-0.05, 0) is 43.2 Å². The van der Waals surface area contributed by atoms with Gasteiger partial charge in [-0.25, -0.2) is 8.78 Å². The number of halogens is 2. The first-order chi connectivity index (χ1) is 12.3. The van der Waals surface area contributed by atoms with Crippen LogP contribution in [0.15, 0.2) is 54.6 Å². The molecule has 0 radical (unpaired) electrons. The third-order valence-electron chi connectivity index (χ3n) is 4.60. The van der Waals surface area contributed by atoms with Crippen molar-refractivity contribution < 1.29 is 18.7 Å². The highest BCUT2D eigenvalue weighted by molar-refractivity contribution is 5.93. The van der Waals surface area contributed by atoms with E-state index in [2.05, 4.69) is 5.32 Å². The molecule has 0 aromatic heterocycles. The third-order valence-corrected chi connectivity index (χ3v) is 4.60. The SMILES string of the molecule is CC(C)(O)C(=O)C1NCC(c2cc(F)ccc2F)=CC1c1ccccc1. The minimum absolute atomic E-state index is 0.174. The maximum Gasteiger partial charge on any atom is 0.181 e. The second-order valence-corrected chi connectivity index (χ2v) is 7.03. The van der Waals surface area contributed by atoms with Crippen LogP contribution in [0.1, 0.15) is 30.9 Å². The van der Waals surface area contributed by atoms with Crippen molar-refractivity contribution in [1.82, 2.24) is 5.32 Å². The molecule has 2 aromatic carbocycles. The van der Waals surface area contributed by atoms with Gasteiger partial charge in [0.15, 0.2) is 5.78 Å². The van der Waals surface area contributed by atoms with Crippen LogP contribution in [0, 0.1) is 11.6 Å². The molecule has 0 amide bonds. The van der Waals surface area contributed by atoms with Gasteiger partial charge in [-0.15, -0.1) is 0 Å². The molecule has 3 rings (SSSR count). The molecule has 3 nitrogen and oxygen atoms in total. The van der Waals surface area contributed by atoms with Gasteiger partial charge in [-0.1, -0.05) is 36.4 Å². The average molecular weight is 357 g/mol. The Kier molecular flexibility index (Phi) is 5.03. The number of carbonyl (C=O) groups is 1. The van der Waals surface area contributed by atoms with Gasteiger partial charge in [-0.3, -0.25) is 4.79 Å². The van der Waals surface area contributed by atoms with E-state index in [-0.39, 0.29) is 17.9 Å². The highest BCUT2D eigenvalue weighted by Gasteiger charge is 2.38. The van der Waals surface area contributed by atoms with E-state index in [1.54, 1.807) is 6.08 Å². The van der Waals surface area contributed by atoms with Crippen LogP contribution < -0.4 is 5.32 Å². The van der Waals surface area contributed by atoms with Crippen LogP contribution in [0.5, 0.6) is 0 Å². The molecule has 2 aromatic rings. The first-order valence-electron chi connectivity index (χ1n) is 8.48. The van der Waals surface area contributed by atoms with Crippen molar-refractivity contribution in [3.8, 4) is 0 Å². The first kappa shape index (κ1) is 18.4. The Labute approximate surface area is 151 Å². The highest BCUT2D eigenvalue weighted by atomic mass is 19.1. The maximum atomic E-state index is 14.2. The van der Waals surface area contributed by atoms with E-state index in [0.29, 0.717) is 5.57 Å². The van der Waals surface area contributed by atoms with E-state index < -0.39 is 29.2 Å². The molecule has 136 valence electrons. The van der Waals surface area contributed by atoms with Gasteiger partial charge >= 0.3 is 0 Å². The second kappa shape index (κ2) is 7.09. The predicted molar refractivity (Wildman–Crippen MR) is 96.6 cm³/mol. The summed E-state index contributed by atoms with van der Waals surface area (Å²) >= 11 is 0. The zero-order chi connectivity index (χ0) is 18.9. The summed E-state index contributed by atoms with van der Waals surface area (Å²) in [7, 11) is 0. The molecule has 5 heteroatoms. The van der Waals surface area contributed by atoms with Crippen molar-refractivity contribution in [2.75, 3.05) is 6.54 Å². The van der Waals surface area contributed by atoms with Crippen LogP contribution in [0.2, 0.25) is 0 Å². The molecule has 1 aliphatic rings. The van der Waals surface area contributed by atoms with E-state index in [1.807, 2.05) is 30.3 Å². The number of hydrogen-bond donors (Lipinski definition) is 2. The third kappa shape index (κ3) is 3.74. The van der Waals surface area contributed by atoms with Gasteiger partial charge in [0.05, 0.1) is 6.04 Å². The van der Waals surface area contributed by atoms with E-state index in [9.17, 15) is 18.7 Å². The van der Waals surface area contributed by atoms with Crippen LogP contribution in [-0.4, -0.2) is 29.1 Å². The summed E-state index contributed by atoms with van der Waals surface area (Å²) in [6.07, 6.45) is 1.79. The van der Waals surface area contributed by atoms with Crippen molar-refractivity contribution >= 4 is 11.4 Å². The van der Waals surface area contributed by atoms with Gasteiger partial charge in [0, 0.05) is 18.0 Å². The summed E-state index contributed by atoms with van der Waals surface area (Å²) in [6.45, 7) is 3.10. The van der Waals surface area contributed by atoms with Crippen LogP contribution in [0.3, 0.4) is 0 Å². The Morgan fingerprint density at radius 3 is 2.50 bits per heavy atom. The number of hydrogen-bond acceptors (Lipinski definition) is 3. The number of aliphatic hydroxyl groups is 1. The smallest absolute Gasteiger partial charge is 0.181 e. The fraction of sp³-hybridized carbons (Fsp3) is 0.286. The molecular formula is C21H21F2NO2. The normalized spacial score (nSPS) is 20.6. The molecule has 0 bridgehead atoms. The Morgan fingerprint density at radius 2 is 1.85 bits per heavy atom. The highest BCUT2D eigenvalue weighted by Crippen LogP contribution is 2.32. The van der Waals surface area contributed by atoms with Crippen LogP contribution >= 0.6 is 0 Å². The summed E-state index contributed by atoms with van der Waals surface area (Å²) in [5, 5.41) is 13.2. The largest absolute Gasteiger partial charge is 0.383 e. The monoisotopic (exact) mass is 357 g/mol. The lowest BCUT2D eigenvalue weighted by molar-refractivity contribution is -0.136. The van der Waals surface area contributed by atoms with Gasteiger partial charge in [-0.2, -0.15) is 0 Å². The molecule has 26 heavy (non-hydrogen) atoms. The summed E-state index contributed by atoms with van der Waals surface area (Å²) in [6, 6.07) is 12.0. The van der Waals surface area contributed by atoms with Gasteiger partial charge in [0.1, 0.15) is 17.2 Å². The van der Waals surface area contributed by atoms with Crippen LogP contribution in [0.25, 0.3) is 5.57 Å². The summed E-state index contributed by atoms with van der Waals surface area (Å²) < 4.78 is 27.8. The Morgan fingerprint density at radius 1 is 1.15 bits per heavy atom. The zero-order valence-corrected chi connectivity index (χ0v) is 14.7. The van der Waals surface area contributed by atoms with Crippen LogP contribution in [-0.2, 0) is 4.79 Å². The molecule has 2 unspecified atom stereocenters. The van der Waals surface area contributed by atoms with Gasteiger partial charge in [0.25, 0.3) is 0 Å². The summed E-state index contributed by atoms with van der Waals surface area (Å²) in [5.41, 5.74) is 0.111. The lowest BCUT2D eigenvalue weighted by Gasteiger charge is -2.34. The van der Waals surface area contributed by atoms with Gasteiger partial charge in [0.2, 0.25) is 0 Å². The topological polar surface area (TPSA) is 49.3 Å². The van der Waals surface area contributed by atoms with E-state index >= 15 is 0 Å². The molecule has 0 spiro atoms. The Bertz CT molecular complexity index is 841. The molecule has 0 aliphatic carbocycles. The van der Waals surface area contributed by atoms with E-state index in [0.717, 1.165) is 23.8 Å². The Balaban J connectivity index is 2.06. The molecule has 0 fully saturated rings. The molecular weight excluding hydrogens is 336 g/mol. The van der Waals surface area contributed by atoms with Crippen molar-refractivity contribution in [3.05, 3.63) is 77.4 Å². The zero-order valence-electron chi connectivity index (χ0n) is 14.7. The first-order valence-corrected chi connectivity index (χ1v) is 8.48. The van der Waals surface area contributed by atoms with Crippen molar-refractivity contribution in [2.45, 2.75) is 31.4 Å². The summed E-state index contributed by atoms with van der Waals surface area (Å²) in [5.74, 6) is -1.78. The number of nitrogens with one attached hydrogen (secondary N) is 1. The Hall–Kier alpha value is -2.37. The number of rotatable bonds is 4. The fourth-order valence-electron chi connectivity index (χ4n) is 3.25. The predicted octanol–water partition coefficient (Wildman–Crippen LogP) is 3.44. The molecule has 0 saturated carbocycles. The average Bonchev–Trinajstić information content (AvgIpc) is 2.62. The minimum Gasteiger partial charge on any atom is -0.383 e. The molecule has 0 saturated heterocycles. The standard InChI is InChI=1S/C21H21F2NO2/c1-21(2,26)20(25)19-17(13-6-4-3-5-7-13)10-14(12-24-19)16-11-15(22)8-9-18(16)23/h3-11,17,19,24,26H,12H2,1-2H3. The van der Waals surface area contributed by atoms with Gasteiger partial charge < -0.3 is 10.4 Å². The number of carbonyl (C=O) groups excluding carboxylic acids is 1. The summed E-state index contributed by atoms with van der Waals surface area (Å²) in [4.78, 5) is 12.7. The van der Waals surface area contributed by atoms with E-state index in [4.69, 9.17) is 0 Å². The number of benzene rings is 2. The maximum absolute atomic E-state index is 14.2. The van der Waals surface area contributed by atoms with Crippen molar-refractivity contribution in [1.29, 1.82) is 0 Å². The lowest BCUT2D eigenvalue weighted by atomic mass is 9.80. The van der Waals surface area contributed by atoms with E-state index in [1.165, 1.54) is 13.8 Å². The fourth-order valence-corrected chi connectivity index (χ4v) is 3.25. The minimum atomic E-state index is -1.50. The lowest BCUT2D eigenvalue weighted by Crippen LogP contribution is -2.52.